The number of rotatable bonds is 7. The first kappa shape index (κ1) is 27.8. The van der Waals surface area contributed by atoms with E-state index < -0.39 is 23.6 Å². The molecule has 0 radical (unpaired) electrons. The SMILES string of the molecule is CC(C)(C)OC(=O)N1CCc2c(sc(NC(=O)CSc3cccc(NC(=O)/C=C/C(=O)O)c3)c2C#N)C1. The summed E-state index contributed by atoms with van der Waals surface area (Å²) < 4.78 is 5.45. The van der Waals surface area contributed by atoms with Crippen molar-refractivity contribution in [2.45, 2.75) is 44.2 Å². The number of nitrogens with zero attached hydrogens (tertiary/aromatic N) is 2. The zero-order valence-electron chi connectivity index (χ0n) is 20.5. The molecular weight excluding hydrogens is 516 g/mol. The van der Waals surface area contributed by atoms with Gasteiger partial charge in [-0.1, -0.05) is 6.07 Å². The number of benzene rings is 1. The summed E-state index contributed by atoms with van der Waals surface area (Å²) in [5, 5.41) is 24.1. The van der Waals surface area contributed by atoms with Gasteiger partial charge in [-0.2, -0.15) is 5.26 Å². The number of hydrogen-bond acceptors (Lipinski definition) is 8. The molecule has 10 nitrogen and oxygen atoms in total. The Labute approximate surface area is 222 Å². The fourth-order valence-electron chi connectivity index (χ4n) is 3.40. The Morgan fingerprint density at radius 1 is 1.24 bits per heavy atom. The molecule has 1 aromatic carbocycles. The van der Waals surface area contributed by atoms with E-state index in [1.54, 1.807) is 49.9 Å². The molecule has 0 saturated heterocycles. The third-order valence-electron chi connectivity index (χ3n) is 4.92. The molecule has 0 bridgehead atoms. The number of carbonyl (C=O) groups is 4. The Balaban J connectivity index is 1.60. The largest absolute Gasteiger partial charge is 0.478 e. The van der Waals surface area contributed by atoms with Crippen LogP contribution < -0.4 is 10.6 Å². The van der Waals surface area contributed by atoms with Gasteiger partial charge in [-0.05, 0) is 51.0 Å². The number of carboxylic acids is 1. The number of thiophene rings is 1. The van der Waals surface area contributed by atoms with Crippen molar-refractivity contribution in [2.75, 3.05) is 22.9 Å². The predicted octanol–water partition coefficient (Wildman–Crippen LogP) is 4.22. The first-order valence-corrected chi connectivity index (χ1v) is 13.0. The van der Waals surface area contributed by atoms with E-state index in [1.165, 1.54) is 23.1 Å². The quantitative estimate of drug-likeness (QED) is 0.348. The number of hydrogen-bond donors (Lipinski definition) is 3. The number of carbonyl (C=O) groups excluding carboxylic acids is 3. The number of amides is 3. The molecule has 0 unspecified atom stereocenters. The lowest BCUT2D eigenvalue weighted by atomic mass is 10.0. The van der Waals surface area contributed by atoms with Gasteiger partial charge >= 0.3 is 12.1 Å². The topological polar surface area (TPSA) is 149 Å². The van der Waals surface area contributed by atoms with Crippen molar-refractivity contribution in [1.29, 1.82) is 5.26 Å². The first-order chi connectivity index (χ1) is 17.4. The van der Waals surface area contributed by atoms with Crippen molar-refractivity contribution in [3.63, 3.8) is 0 Å². The molecule has 3 amide bonds. The Morgan fingerprint density at radius 3 is 2.68 bits per heavy atom. The second-order valence-electron chi connectivity index (χ2n) is 9.00. The van der Waals surface area contributed by atoms with Crippen LogP contribution in [-0.4, -0.2) is 51.8 Å². The number of thioether (sulfide) groups is 1. The lowest BCUT2D eigenvalue weighted by molar-refractivity contribution is -0.131. The monoisotopic (exact) mass is 542 g/mol. The normalized spacial score (nSPS) is 13.0. The molecule has 3 rings (SSSR count). The molecule has 194 valence electrons. The van der Waals surface area contributed by atoms with Crippen molar-refractivity contribution in [2.24, 2.45) is 0 Å². The maximum absolute atomic E-state index is 12.7. The molecule has 12 heteroatoms. The van der Waals surface area contributed by atoms with Crippen molar-refractivity contribution < 1.29 is 29.0 Å². The smallest absolute Gasteiger partial charge is 0.410 e. The van der Waals surface area contributed by atoms with E-state index in [1.807, 2.05) is 0 Å². The van der Waals surface area contributed by atoms with E-state index in [0.717, 1.165) is 22.6 Å². The van der Waals surface area contributed by atoms with Crippen molar-refractivity contribution in [3.8, 4) is 6.07 Å². The molecule has 3 N–H and O–H groups in total. The van der Waals surface area contributed by atoms with Crippen LogP contribution >= 0.6 is 23.1 Å². The third kappa shape index (κ3) is 8.09. The van der Waals surface area contributed by atoms with E-state index in [-0.39, 0.29) is 11.7 Å². The summed E-state index contributed by atoms with van der Waals surface area (Å²) in [4.78, 5) is 50.6. The Morgan fingerprint density at radius 2 is 2.00 bits per heavy atom. The number of aliphatic carboxylic acids is 1. The summed E-state index contributed by atoms with van der Waals surface area (Å²) in [6.07, 6.45) is 1.74. The van der Waals surface area contributed by atoms with E-state index in [4.69, 9.17) is 9.84 Å². The lowest BCUT2D eigenvalue weighted by Crippen LogP contribution is -2.39. The third-order valence-corrected chi connectivity index (χ3v) is 7.05. The molecule has 1 aromatic heterocycles. The number of ether oxygens (including phenoxy) is 1. The highest BCUT2D eigenvalue weighted by molar-refractivity contribution is 8.00. The standard InChI is InChI=1S/C25H26N4O6S2/c1-25(2,3)35-24(34)29-10-9-17-18(12-26)23(37-19(17)13-29)28-21(31)14-36-16-6-4-5-15(11-16)27-20(30)7-8-22(32)33/h4-8,11H,9-10,13-14H2,1-3H3,(H,27,30)(H,28,31)(H,32,33)/b8-7+. The minimum absolute atomic E-state index is 0.0633. The molecule has 2 aromatic rings. The number of nitrogens with one attached hydrogen (secondary N) is 2. The molecule has 0 aliphatic carbocycles. The number of nitriles is 1. The van der Waals surface area contributed by atoms with E-state index in [0.29, 0.717) is 40.7 Å². The van der Waals surface area contributed by atoms with E-state index in [2.05, 4.69) is 16.7 Å². The molecule has 0 fully saturated rings. The molecule has 1 aliphatic heterocycles. The minimum atomic E-state index is -1.23. The fourth-order valence-corrected chi connectivity index (χ4v) is 5.38. The molecule has 37 heavy (non-hydrogen) atoms. The van der Waals surface area contributed by atoms with Crippen LogP contribution in [0.1, 0.15) is 36.8 Å². The highest BCUT2D eigenvalue weighted by Gasteiger charge is 2.30. The molecule has 0 saturated carbocycles. The average Bonchev–Trinajstić information content (AvgIpc) is 3.16. The van der Waals surface area contributed by atoms with Gasteiger partial charge in [0.1, 0.15) is 16.7 Å². The van der Waals surface area contributed by atoms with Crippen molar-refractivity contribution >= 4 is 57.7 Å². The molecular formula is C25H26N4O6S2. The van der Waals surface area contributed by atoms with Gasteiger partial charge in [0, 0.05) is 34.2 Å². The van der Waals surface area contributed by atoms with Crippen LogP contribution in [0, 0.1) is 11.3 Å². The van der Waals surface area contributed by atoms with E-state index in [9.17, 15) is 24.4 Å². The lowest BCUT2D eigenvalue weighted by Gasteiger charge is -2.29. The van der Waals surface area contributed by atoms with Crippen LogP contribution in [0.5, 0.6) is 0 Å². The maximum atomic E-state index is 12.7. The van der Waals surface area contributed by atoms with Gasteiger partial charge in [-0.15, -0.1) is 23.1 Å². The van der Waals surface area contributed by atoms with Gasteiger partial charge in [0.05, 0.1) is 17.9 Å². The molecule has 0 atom stereocenters. The number of anilines is 2. The zero-order valence-corrected chi connectivity index (χ0v) is 22.1. The van der Waals surface area contributed by atoms with Gasteiger partial charge in [-0.25, -0.2) is 9.59 Å². The van der Waals surface area contributed by atoms with Gasteiger partial charge in [0.25, 0.3) is 0 Å². The average molecular weight is 543 g/mol. The van der Waals surface area contributed by atoms with E-state index >= 15 is 0 Å². The van der Waals surface area contributed by atoms with Crippen LogP contribution in [0.15, 0.2) is 41.3 Å². The predicted molar refractivity (Wildman–Crippen MR) is 141 cm³/mol. The molecule has 2 heterocycles. The Bertz CT molecular complexity index is 1290. The van der Waals surface area contributed by atoms with Crippen molar-refractivity contribution in [3.05, 3.63) is 52.4 Å². The van der Waals surface area contributed by atoms with Gasteiger partial charge in [0.15, 0.2) is 0 Å². The second kappa shape index (κ2) is 11.9. The van der Waals surface area contributed by atoms with Gasteiger partial charge in [0.2, 0.25) is 11.8 Å². The summed E-state index contributed by atoms with van der Waals surface area (Å²) in [6, 6.07) is 8.97. The molecule has 0 spiro atoms. The summed E-state index contributed by atoms with van der Waals surface area (Å²) in [5.74, 6) is -2.05. The number of fused-ring (bicyclic) bond motifs is 1. The van der Waals surface area contributed by atoms with Crippen LogP contribution in [-0.2, 0) is 32.1 Å². The highest BCUT2D eigenvalue weighted by atomic mass is 32.2. The fraction of sp³-hybridized carbons (Fsp3) is 0.320. The van der Waals surface area contributed by atoms with Crippen LogP contribution in [0.4, 0.5) is 15.5 Å². The second-order valence-corrected chi connectivity index (χ2v) is 11.2. The minimum Gasteiger partial charge on any atom is -0.478 e. The summed E-state index contributed by atoms with van der Waals surface area (Å²) in [5.41, 5.74) is 1.11. The zero-order chi connectivity index (χ0) is 27.2. The summed E-state index contributed by atoms with van der Waals surface area (Å²) in [7, 11) is 0. The maximum Gasteiger partial charge on any atom is 0.410 e. The van der Waals surface area contributed by atoms with Crippen LogP contribution in [0.3, 0.4) is 0 Å². The van der Waals surface area contributed by atoms with Gasteiger partial charge < -0.3 is 25.4 Å². The first-order valence-electron chi connectivity index (χ1n) is 11.2. The number of carboxylic acid groups (broad SMARTS) is 1. The summed E-state index contributed by atoms with van der Waals surface area (Å²) >= 11 is 2.52. The van der Waals surface area contributed by atoms with Crippen LogP contribution in [0.2, 0.25) is 0 Å². The Kier molecular flexibility index (Phi) is 8.96. The van der Waals surface area contributed by atoms with Gasteiger partial charge in [-0.3, -0.25) is 9.59 Å². The summed E-state index contributed by atoms with van der Waals surface area (Å²) in [6.45, 7) is 6.15. The molecule has 1 aliphatic rings. The highest BCUT2D eigenvalue weighted by Crippen LogP contribution is 2.37. The Hall–Kier alpha value is -3.82. The van der Waals surface area contributed by atoms with Crippen LogP contribution in [0.25, 0.3) is 0 Å². The van der Waals surface area contributed by atoms with Crippen molar-refractivity contribution in [1.82, 2.24) is 4.90 Å².